The molecule has 0 aliphatic heterocycles. The largest absolute Gasteiger partial charge is 0.357 e. The van der Waals surface area contributed by atoms with Gasteiger partial charge in [-0.05, 0) is 32.9 Å². The predicted molar refractivity (Wildman–Crippen MR) is 106 cm³/mol. The van der Waals surface area contributed by atoms with Crippen molar-refractivity contribution in [1.29, 1.82) is 0 Å². The molecule has 0 aliphatic carbocycles. The van der Waals surface area contributed by atoms with Crippen LogP contribution in [0.3, 0.4) is 0 Å². The maximum atomic E-state index is 4.65. The van der Waals surface area contributed by atoms with Crippen molar-refractivity contribution in [2.75, 3.05) is 13.1 Å². The Bertz CT molecular complexity index is 633. The van der Waals surface area contributed by atoms with E-state index < -0.39 is 0 Å². The average Bonchev–Trinajstić information content (AvgIpc) is 2.89. The molecule has 2 aromatic rings. The molecule has 24 heavy (non-hydrogen) atoms. The topological polar surface area (TPSA) is 49.3 Å². The van der Waals surface area contributed by atoms with E-state index >= 15 is 0 Å². The van der Waals surface area contributed by atoms with Crippen molar-refractivity contribution in [1.82, 2.24) is 15.6 Å². The summed E-state index contributed by atoms with van der Waals surface area (Å²) in [6.07, 6.45) is 0. The second-order valence-electron chi connectivity index (χ2n) is 5.57. The van der Waals surface area contributed by atoms with Gasteiger partial charge in [0.15, 0.2) is 5.96 Å². The Morgan fingerprint density at radius 1 is 1.25 bits per heavy atom. The number of aromatic nitrogens is 1. The van der Waals surface area contributed by atoms with Crippen LogP contribution in [-0.2, 0) is 6.54 Å². The van der Waals surface area contributed by atoms with Crippen molar-refractivity contribution < 1.29 is 0 Å². The number of nitrogens with zero attached hydrogens (tertiary/aromatic N) is 2. The molecule has 130 valence electrons. The minimum absolute atomic E-state index is 0.459. The van der Waals surface area contributed by atoms with Crippen molar-refractivity contribution in [2.24, 2.45) is 4.99 Å². The van der Waals surface area contributed by atoms with E-state index in [1.807, 2.05) is 24.8 Å². The first-order valence-corrected chi connectivity index (χ1v) is 9.95. The van der Waals surface area contributed by atoms with Crippen LogP contribution in [0.4, 0.5) is 0 Å². The number of thioether (sulfide) groups is 1. The molecule has 2 rings (SSSR count). The molecule has 1 atom stereocenters. The molecule has 1 heterocycles. The van der Waals surface area contributed by atoms with E-state index in [-0.39, 0.29) is 0 Å². The first-order valence-electron chi connectivity index (χ1n) is 8.25. The number of aliphatic imine (C=N–C) groups is 1. The third kappa shape index (κ3) is 6.17. The Kier molecular flexibility index (Phi) is 7.59. The third-order valence-corrected chi connectivity index (χ3v) is 5.60. The smallest absolute Gasteiger partial charge is 0.191 e. The van der Waals surface area contributed by atoms with Crippen molar-refractivity contribution in [2.45, 2.75) is 44.4 Å². The molecule has 0 fully saturated rings. The van der Waals surface area contributed by atoms with Crippen LogP contribution < -0.4 is 10.6 Å². The first kappa shape index (κ1) is 18.8. The highest BCUT2D eigenvalue weighted by Crippen LogP contribution is 2.22. The van der Waals surface area contributed by atoms with E-state index in [1.165, 1.54) is 9.77 Å². The minimum Gasteiger partial charge on any atom is -0.357 e. The van der Waals surface area contributed by atoms with Crippen LogP contribution >= 0.6 is 23.1 Å². The number of rotatable bonds is 7. The van der Waals surface area contributed by atoms with Gasteiger partial charge in [0.2, 0.25) is 0 Å². The molecule has 0 saturated heterocycles. The van der Waals surface area contributed by atoms with Gasteiger partial charge in [0.1, 0.15) is 5.01 Å². The van der Waals surface area contributed by atoms with Gasteiger partial charge in [0.05, 0.1) is 12.2 Å². The van der Waals surface area contributed by atoms with E-state index in [4.69, 9.17) is 0 Å². The van der Waals surface area contributed by atoms with Crippen LogP contribution in [0.2, 0.25) is 0 Å². The highest BCUT2D eigenvalue weighted by Gasteiger charge is 2.07. The number of guanidine groups is 1. The normalized spacial score (nSPS) is 12.9. The molecule has 1 aromatic heterocycles. The van der Waals surface area contributed by atoms with Gasteiger partial charge in [0, 0.05) is 28.1 Å². The van der Waals surface area contributed by atoms with E-state index in [9.17, 15) is 0 Å². The lowest BCUT2D eigenvalue weighted by molar-refractivity contribution is 0.794. The van der Waals surface area contributed by atoms with Crippen LogP contribution in [0, 0.1) is 13.8 Å². The Morgan fingerprint density at radius 2 is 2.00 bits per heavy atom. The zero-order valence-corrected chi connectivity index (χ0v) is 16.4. The monoisotopic (exact) mass is 362 g/mol. The van der Waals surface area contributed by atoms with E-state index in [1.54, 1.807) is 11.3 Å². The zero-order valence-electron chi connectivity index (χ0n) is 14.8. The van der Waals surface area contributed by atoms with Crippen LogP contribution in [0.15, 0.2) is 40.2 Å². The molecule has 4 nitrogen and oxygen atoms in total. The lowest BCUT2D eigenvalue weighted by atomic mass is 10.4. The maximum absolute atomic E-state index is 4.65. The molecular weight excluding hydrogens is 336 g/mol. The average molecular weight is 363 g/mol. The van der Waals surface area contributed by atoms with E-state index in [0.29, 0.717) is 11.8 Å². The fraction of sp³-hybridized carbons (Fsp3) is 0.444. The first-order chi connectivity index (χ1) is 11.6. The summed E-state index contributed by atoms with van der Waals surface area (Å²) in [4.78, 5) is 11.8. The fourth-order valence-corrected chi connectivity index (χ4v) is 3.91. The summed E-state index contributed by atoms with van der Waals surface area (Å²) in [7, 11) is 0. The van der Waals surface area contributed by atoms with Crippen molar-refractivity contribution >= 4 is 29.1 Å². The number of nitrogens with one attached hydrogen (secondary N) is 2. The number of aryl methyl sites for hydroxylation is 2. The van der Waals surface area contributed by atoms with Gasteiger partial charge in [-0.3, -0.25) is 0 Å². The summed E-state index contributed by atoms with van der Waals surface area (Å²) in [5, 5.41) is 8.25. The van der Waals surface area contributed by atoms with Gasteiger partial charge in [-0.25, -0.2) is 9.98 Å². The molecule has 0 amide bonds. The summed E-state index contributed by atoms with van der Waals surface area (Å²) in [6, 6.07) is 10.5. The maximum Gasteiger partial charge on any atom is 0.191 e. The molecule has 0 spiro atoms. The summed E-state index contributed by atoms with van der Waals surface area (Å²) < 4.78 is 0. The number of benzene rings is 1. The molecule has 1 unspecified atom stereocenters. The van der Waals surface area contributed by atoms with E-state index in [0.717, 1.165) is 29.8 Å². The van der Waals surface area contributed by atoms with E-state index in [2.05, 4.69) is 65.6 Å². The summed E-state index contributed by atoms with van der Waals surface area (Å²) >= 11 is 3.59. The van der Waals surface area contributed by atoms with Crippen LogP contribution in [0.1, 0.15) is 29.4 Å². The standard InChI is InChI=1S/C18H26N4S2/c1-5-19-18(21-12-17-22-14(3)15(4)24-17)20-11-13(2)23-16-9-7-6-8-10-16/h6-10,13H,5,11-12H2,1-4H3,(H2,19,20,21). The summed E-state index contributed by atoms with van der Waals surface area (Å²) in [5.74, 6) is 0.850. The number of hydrogen-bond donors (Lipinski definition) is 2. The minimum atomic E-state index is 0.459. The Morgan fingerprint density at radius 3 is 2.62 bits per heavy atom. The third-order valence-electron chi connectivity index (χ3n) is 3.43. The molecule has 1 aromatic carbocycles. The van der Waals surface area contributed by atoms with Gasteiger partial charge in [-0.1, -0.05) is 25.1 Å². The Labute approximate surface area is 153 Å². The highest BCUT2D eigenvalue weighted by atomic mass is 32.2. The second kappa shape index (κ2) is 9.69. The quantitative estimate of drug-likeness (QED) is 0.444. The van der Waals surface area contributed by atoms with Crippen molar-refractivity contribution in [3.05, 3.63) is 45.9 Å². The summed E-state index contributed by atoms with van der Waals surface area (Å²) in [6.45, 7) is 10.8. The predicted octanol–water partition coefficient (Wildman–Crippen LogP) is 4.00. The van der Waals surface area contributed by atoms with Gasteiger partial charge in [-0.15, -0.1) is 23.1 Å². The second-order valence-corrected chi connectivity index (χ2v) is 8.37. The Balaban J connectivity index is 1.86. The lowest BCUT2D eigenvalue weighted by Crippen LogP contribution is -2.40. The van der Waals surface area contributed by atoms with Crippen LogP contribution in [0.5, 0.6) is 0 Å². The van der Waals surface area contributed by atoms with Crippen LogP contribution in [0.25, 0.3) is 0 Å². The molecule has 0 saturated carbocycles. The summed E-state index contributed by atoms with van der Waals surface area (Å²) in [5.41, 5.74) is 1.11. The van der Waals surface area contributed by atoms with Crippen molar-refractivity contribution in [3.63, 3.8) is 0 Å². The van der Waals surface area contributed by atoms with Crippen molar-refractivity contribution in [3.8, 4) is 0 Å². The zero-order chi connectivity index (χ0) is 17.4. The molecule has 0 bridgehead atoms. The highest BCUT2D eigenvalue weighted by molar-refractivity contribution is 8.00. The van der Waals surface area contributed by atoms with Gasteiger partial charge >= 0.3 is 0 Å². The van der Waals surface area contributed by atoms with Gasteiger partial charge in [0.25, 0.3) is 0 Å². The Hall–Kier alpha value is -1.53. The number of hydrogen-bond acceptors (Lipinski definition) is 4. The van der Waals surface area contributed by atoms with Gasteiger partial charge in [-0.2, -0.15) is 0 Å². The molecule has 2 N–H and O–H groups in total. The number of thiazole rings is 1. The van der Waals surface area contributed by atoms with Gasteiger partial charge < -0.3 is 10.6 Å². The molecule has 0 radical (unpaired) electrons. The molecule has 6 heteroatoms. The SMILES string of the molecule is CCNC(=NCc1nc(C)c(C)s1)NCC(C)Sc1ccccc1. The molecular formula is C18H26N4S2. The molecule has 0 aliphatic rings. The fourth-order valence-electron chi connectivity index (χ4n) is 2.11. The van der Waals surface area contributed by atoms with Crippen LogP contribution in [-0.4, -0.2) is 29.3 Å². The lowest BCUT2D eigenvalue weighted by Gasteiger charge is -2.15.